The van der Waals surface area contributed by atoms with Gasteiger partial charge in [0.2, 0.25) is 0 Å². The highest BCUT2D eigenvalue weighted by Crippen LogP contribution is 2.37. The molecule has 0 spiro atoms. The molecule has 0 saturated carbocycles. The first-order valence-corrected chi connectivity index (χ1v) is 13.5. The third-order valence-corrected chi connectivity index (χ3v) is 7.89. The van der Waals surface area contributed by atoms with Crippen LogP contribution in [0.15, 0.2) is 41.3 Å². The smallest absolute Gasteiger partial charge is 0.261 e. The van der Waals surface area contributed by atoms with Crippen molar-refractivity contribution in [3.63, 3.8) is 0 Å². The summed E-state index contributed by atoms with van der Waals surface area (Å²) in [6, 6.07) is 9.28. The summed E-state index contributed by atoms with van der Waals surface area (Å²) in [4.78, 5) is 0.0798. The van der Waals surface area contributed by atoms with Gasteiger partial charge in [0.15, 0.2) is 5.82 Å². The first-order valence-electron chi connectivity index (χ1n) is 11.7. The number of nitrogens with zero attached hydrogens (tertiary/aromatic N) is 3. The lowest BCUT2D eigenvalue weighted by atomic mass is 9.87. The Bertz CT molecular complexity index is 1330. The van der Waals surface area contributed by atoms with E-state index in [-0.39, 0.29) is 33.0 Å². The highest BCUT2D eigenvalue weighted by molar-refractivity contribution is 7.92. The molecule has 10 heteroatoms. The van der Waals surface area contributed by atoms with Gasteiger partial charge in [-0.3, -0.25) is 4.72 Å². The lowest BCUT2D eigenvalue weighted by Crippen LogP contribution is -2.19. The molecule has 1 saturated heterocycles. The zero-order valence-electron chi connectivity index (χ0n) is 20.6. The maximum Gasteiger partial charge on any atom is 0.261 e. The molecule has 1 unspecified atom stereocenters. The Labute approximate surface area is 211 Å². The molecular formula is C25H31ClFN5O2S. The summed E-state index contributed by atoms with van der Waals surface area (Å²) in [5.41, 5.74) is 1.32. The molecule has 0 aliphatic carbocycles. The SMILES string of the molecule is CC(C)c1nnc(-c2cc(Cl)c(F)cc2NS(=O)(=O)c2ccc(C(C)(C)C)cc2)n1C1CCNC1. The summed E-state index contributed by atoms with van der Waals surface area (Å²) in [6.07, 6.45) is 0.876. The van der Waals surface area contributed by atoms with Crippen LogP contribution in [0.1, 0.15) is 64.4 Å². The first kappa shape index (κ1) is 25.6. The van der Waals surface area contributed by atoms with Gasteiger partial charge in [-0.25, -0.2) is 12.8 Å². The highest BCUT2D eigenvalue weighted by atomic mass is 35.5. The van der Waals surface area contributed by atoms with E-state index in [0.717, 1.165) is 37.0 Å². The fraction of sp³-hybridized carbons (Fsp3) is 0.440. The quantitative estimate of drug-likeness (QED) is 0.449. The molecule has 1 atom stereocenters. The zero-order valence-corrected chi connectivity index (χ0v) is 22.1. The fourth-order valence-electron chi connectivity index (χ4n) is 4.25. The van der Waals surface area contributed by atoms with Gasteiger partial charge in [-0.05, 0) is 42.1 Å². The van der Waals surface area contributed by atoms with Crippen molar-refractivity contribution in [3.05, 3.63) is 58.6 Å². The Kier molecular flexibility index (Phi) is 6.96. The van der Waals surface area contributed by atoms with Crippen LogP contribution in [0.4, 0.5) is 10.1 Å². The summed E-state index contributed by atoms with van der Waals surface area (Å²) in [5, 5.41) is 12.0. The second kappa shape index (κ2) is 9.52. The lowest BCUT2D eigenvalue weighted by Gasteiger charge is -2.21. The molecule has 35 heavy (non-hydrogen) atoms. The average molecular weight is 520 g/mol. The molecule has 0 bridgehead atoms. The maximum absolute atomic E-state index is 14.6. The van der Waals surface area contributed by atoms with Crippen molar-refractivity contribution in [2.75, 3.05) is 17.8 Å². The van der Waals surface area contributed by atoms with E-state index in [1.54, 1.807) is 24.3 Å². The van der Waals surface area contributed by atoms with E-state index in [1.165, 1.54) is 6.07 Å². The van der Waals surface area contributed by atoms with Gasteiger partial charge in [0.25, 0.3) is 10.0 Å². The minimum atomic E-state index is -4.01. The van der Waals surface area contributed by atoms with E-state index >= 15 is 0 Å². The van der Waals surface area contributed by atoms with Gasteiger partial charge in [-0.15, -0.1) is 10.2 Å². The molecule has 0 radical (unpaired) electrons. The van der Waals surface area contributed by atoms with E-state index in [1.807, 2.05) is 18.4 Å². The molecule has 1 aliphatic heterocycles. The van der Waals surface area contributed by atoms with Crippen molar-refractivity contribution in [1.29, 1.82) is 0 Å². The Morgan fingerprint density at radius 3 is 2.43 bits per heavy atom. The van der Waals surface area contributed by atoms with E-state index in [0.29, 0.717) is 11.4 Å². The van der Waals surface area contributed by atoms with Crippen molar-refractivity contribution >= 4 is 27.3 Å². The highest BCUT2D eigenvalue weighted by Gasteiger charge is 2.28. The molecule has 7 nitrogen and oxygen atoms in total. The van der Waals surface area contributed by atoms with Crippen LogP contribution in [-0.2, 0) is 15.4 Å². The summed E-state index contributed by atoms with van der Waals surface area (Å²) < 4.78 is 45.7. The van der Waals surface area contributed by atoms with Crippen LogP contribution in [0.2, 0.25) is 5.02 Å². The summed E-state index contributed by atoms with van der Waals surface area (Å²) in [6.45, 7) is 11.8. The second-order valence-corrected chi connectivity index (χ2v) is 12.3. The molecule has 2 heterocycles. The summed E-state index contributed by atoms with van der Waals surface area (Å²) in [5.74, 6) is 0.592. The minimum Gasteiger partial charge on any atom is -0.315 e. The number of halogens is 2. The topological polar surface area (TPSA) is 88.9 Å². The molecule has 2 aromatic carbocycles. The van der Waals surface area contributed by atoms with Gasteiger partial charge in [-0.2, -0.15) is 0 Å². The number of aromatic nitrogens is 3. The van der Waals surface area contributed by atoms with E-state index in [4.69, 9.17) is 11.6 Å². The number of nitrogens with one attached hydrogen (secondary N) is 2. The van der Waals surface area contributed by atoms with Crippen LogP contribution < -0.4 is 10.0 Å². The Hall–Kier alpha value is -2.49. The molecular weight excluding hydrogens is 489 g/mol. The predicted octanol–water partition coefficient (Wildman–Crippen LogP) is 5.49. The Morgan fingerprint density at radius 1 is 1.17 bits per heavy atom. The van der Waals surface area contributed by atoms with Gasteiger partial charge in [0, 0.05) is 24.1 Å². The first-order chi connectivity index (χ1) is 16.4. The number of rotatable bonds is 6. The van der Waals surface area contributed by atoms with E-state index < -0.39 is 15.8 Å². The molecule has 1 fully saturated rings. The monoisotopic (exact) mass is 519 g/mol. The van der Waals surface area contributed by atoms with Crippen molar-refractivity contribution in [2.24, 2.45) is 0 Å². The van der Waals surface area contributed by atoms with Gasteiger partial charge in [0.1, 0.15) is 11.6 Å². The molecule has 3 aromatic rings. The molecule has 4 rings (SSSR count). The molecule has 0 amide bonds. The standard InChI is InChI=1S/C25H31ClFN5O2S/c1-15(2)23-29-30-24(32(23)17-10-11-28-14-17)19-12-20(26)21(27)13-22(19)31-35(33,34)18-8-6-16(7-9-18)25(3,4)5/h6-9,12-13,15,17,28,31H,10-11,14H2,1-5H3. The van der Waals surface area contributed by atoms with Crippen molar-refractivity contribution in [1.82, 2.24) is 20.1 Å². The molecule has 2 N–H and O–H groups in total. The normalized spacial score (nSPS) is 16.7. The van der Waals surface area contributed by atoms with Gasteiger partial charge in [0.05, 0.1) is 21.6 Å². The van der Waals surface area contributed by atoms with Crippen LogP contribution in [0.5, 0.6) is 0 Å². The van der Waals surface area contributed by atoms with Crippen molar-refractivity contribution in [3.8, 4) is 11.4 Å². The van der Waals surface area contributed by atoms with Crippen molar-refractivity contribution < 1.29 is 12.8 Å². The summed E-state index contributed by atoms with van der Waals surface area (Å²) in [7, 11) is -4.01. The average Bonchev–Trinajstić information content (AvgIpc) is 3.45. The summed E-state index contributed by atoms with van der Waals surface area (Å²) >= 11 is 6.14. The number of benzene rings is 2. The number of hydrogen-bond acceptors (Lipinski definition) is 5. The maximum atomic E-state index is 14.6. The fourth-order valence-corrected chi connectivity index (χ4v) is 5.49. The Balaban J connectivity index is 1.80. The van der Waals surface area contributed by atoms with Gasteiger partial charge < -0.3 is 9.88 Å². The Morgan fingerprint density at radius 2 is 1.86 bits per heavy atom. The third-order valence-electron chi connectivity index (χ3n) is 6.21. The number of sulfonamides is 1. The molecule has 188 valence electrons. The largest absolute Gasteiger partial charge is 0.315 e. The molecule has 1 aliphatic rings. The van der Waals surface area contributed by atoms with Crippen LogP contribution in [-0.4, -0.2) is 36.3 Å². The van der Waals surface area contributed by atoms with Gasteiger partial charge in [-0.1, -0.05) is 58.4 Å². The van der Waals surface area contributed by atoms with Crippen molar-refractivity contribution in [2.45, 2.75) is 63.3 Å². The van der Waals surface area contributed by atoms with Crippen LogP contribution >= 0.6 is 11.6 Å². The number of hydrogen-bond donors (Lipinski definition) is 2. The molecule has 1 aromatic heterocycles. The second-order valence-electron chi connectivity index (χ2n) is 10.2. The minimum absolute atomic E-state index is 0.0571. The van der Waals surface area contributed by atoms with Gasteiger partial charge >= 0.3 is 0 Å². The van der Waals surface area contributed by atoms with Crippen LogP contribution in [0.25, 0.3) is 11.4 Å². The van der Waals surface area contributed by atoms with Crippen LogP contribution in [0, 0.1) is 5.82 Å². The zero-order chi connectivity index (χ0) is 25.5. The predicted molar refractivity (Wildman–Crippen MR) is 137 cm³/mol. The van der Waals surface area contributed by atoms with E-state index in [2.05, 4.69) is 41.0 Å². The number of anilines is 1. The van der Waals surface area contributed by atoms with Crippen LogP contribution in [0.3, 0.4) is 0 Å². The lowest BCUT2D eigenvalue weighted by molar-refractivity contribution is 0.514. The third kappa shape index (κ3) is 5.22. The van der Waals surface area contributed by atoms with E-state index in [9.17, 15) is 12.8 Å².